The maximum atomic E-state index is 10.9. The fourth-order valence-corrected chi connectivity index (χ4v) is 1.80. The second-order valence-corrected chi connectivity index (χ2v) is 4.70. The van der Waals surface area contributed by atoms with Crippen LogP contribution in [0.1, 0.15) is 30.0 Å². The second kappa shape index (κ2) is 5.18. The largest absolute Gasteiger partial charge is 0.476 e. The number of fused-ring (bicyclic) bond motifs is 1. The Morgan fingerprint density at radius 3 is 2.94 bits per heavy atom. The molecule has 0 atom stereocenters. The molecule has 2 N–H and O–H groups in total. The van der Waals surface area contributed by atoms with Gasteiger partial charge in [-0.05, 0) is 24.6 Å². The number of carbonyl (C=O) groups is 1. The van der Waals surface area contributed by atoms with Gasteiger partial charge in [0.2, 0.25) is 0 Å². The van der Waals surface area contributed by atoms with Gasteiger partial charge in [0.25, 0.3) is 0 Å². The topological polar surface area (TPSA) is 66.6 Å². The first-order valence-electron chi connectivity index (χ1n) is 5.99. The molecule has 18 heavy (non-hydrogen) atoms. The average molecular weight is 247 g/mol. The van der Waals surface area contributed by atoms with E-state index in [1.54, 1.807) is 12.3 Å². The molecule has 2 aromatic heterocycles. The van der Waals surface area contributed by atoms with Gasteiger partial charge in [-0.3, -0.25) is 0 Å². The number of carboxylic acid groups (broad SMARTS) is 1. The molecule has 0 radical (unpaired) electrons. The van der Waals surface area contributed by atoms with Crippen LogP contribution in [0.4, 0.5) is 0 Å². The molecule has 0 bridgehead atoms. The Morgan fingerprint density at radius 2 is 2.28 bits per heavy atom. The van der Waals surface area contributed by atoms with Crippen LogP contribution in [-0.4, -0.2) is 27.0 Å². The Bertz CT molecular complexity index is 560. The predicted molar refractivity (Wildman–Crippen MR) is 68.7 cm³/mol. The van der Waals surface area contributed by atoms with Crippen LogP contribution in [0.3, 0.4) is 0 Å². The van der Waals surface area contributed by atoms with E-state index >= 15 is 0 Å². The molecule has 0 aliphatic rings. The monoisotopic (exact) mass is 247 g/mol. The van der Waals surface area contributed by atoms with Crippen LogP contribution in [0.2, 0.25) is 0 Å². The summed E-state index contributed by atoms with van der Waals surface area (Å²) in [5.74, 6) is -0.415. The highest BCUT2D eigenvalue weighted by Gasteiger charge is 2.10. The Balaban J connectivity index is 2.24. The number of pyridine rings is 1. The van der Waals surface area contributed by atoms with E-state index in [0.29, 0.717) is 18.1 Å². The summed E-state index contributed by atoms with van der Waals surface area (Å²) >= 11 is 0. The molecule has 2 aromatic rings. The van der Waals surface area contributed by atoms with Crippen molar-refractivity contribution >= 4 is 11.6 Å². The molecule has 96 valence electrons. The van der Waals surface area contributed by atoms with Crippen molar-refractivity contribution in [3.8, 4) is 0 Å². The van der Waals surface area contributed by atoms with Crippen LogP contribution in [0, 0.1) is 5.92 Å². The molecule has 0 saturated carbocycles. The van der Waals surface area contributed by atoms with Gasteiger partial charge in [0.05, 0.1) is 0 Å². The molecule has 0 aliphatic carbocycles. The van der Waals surface area contributed by atoms with Gasteiger partial charge in [-0.1, -0.05) is 19.9 Å². The van der Waals surface area contributed by atoms with Crippen molar-refractivity contribution in [1.29, 1.82) is 0 Å². The number of nitrogens with one attached hydrogen (secondary N) is 1. The van der Waals surface area contributed by atoms with Crippen molar-refractivity contribution in [3.63, 3.8) is 0 Å². The number of imidazole rings is 1. The molecular formula is C13H17N3O2. The highest BCUT2D eigenvalue weighted by atomic mass is 16.4. The molecule has 0 amide bonds. The van der Waals surface area contributed by atoms with E-state index in [1.807, 2.05) is 16.5 Å². The molecule has 2 rings (SSSR count). The summed E-state index contributed by atoms with van der Waals surface area (Å²) in [4.78, 5) is 14.9. The zero-order valence-corrected chi connectivity index (χ0v) is 10.6. The summed E-state index contributed by atoms with van der Waals surface area (Å²) < 4.78 is 1.82. The van der Waals surface area contributed by atoms with Gasteiger partial charge < -0.3 is 14.8 Å². The normalized spacial score (nSPS) is 11.3. The first kappa shape index (κ1) is 12.6. The van der Waals surface area contributed by atoms with Crippen molar-refractivity contribution in [2.75, 3.05) is 6.54 Å². The first-order chi connectivity index (χ1) is 8.58. The summed E-state index contributed by atoms with van der Waals surface area (Å²) in [6.45, 7) is 5.92. The van der Waals surface area contributed by atoms with Crippen LogP contribution in [0.5, 0.6) is 0 Å². The van der Waals surface area contributed by atoms with Crippen molar-refractivity contribution < 1.29 is 9.90 Å². The zero-order valence-electron chi connectivity index (χ0n) is 10.6. The molecule has 0 aromatic carbocycles. The van der Waals surface area contributed by atoms with Gasteiger partial charge in [-0.15, -0.1) is 0 Å². The number of carboxylic acids is 1. The summed E-state index contributed by atoms with van der Waals surface area (Å²) in [6, 6.07) is 5.66. The van der Waals surface area contributed by atoms with Crippen LogP contribution >= 0.6 is 0 Å². The van der Waals surface area contributed by atoms with E-state index in [0.717, 1.165) is 12.2 Å². The lowest BCUT2D eigenvalue weighted by molar-refractivity contribution is 0.0691. The van der Waals surface area contributed by atoms with Gasteiger partial charge in [-0.25, -0.2) is 9.78 Å². The molecule has 5 nitrogen and oxygen atoms in total. The summed E-state index contributed by atoms with van der Waals surface area (Å²) in [7, 11) is 0. The van der Waals surface area contributed by atoms with Gasteiger partial charge in [0, 0.05) is 18.4 Å². The minimum atomic E-state index is -1.00. The van der Waals surface area contributed by atoms with Gasteiger partial charge in [0.15, 0.2) is 5.69 Å². The summed E-state index contributed by atoms with van der Waals surface area (Å²) in [6.07, 6.45) is 1.56. The van der Waals surface area contributed by atoms with Crippen LogP contribution < -0.4 is 5.32 Å². The summed E-state index contributed by atoms with van der Waals surface area (Å²) in [5, 5.41) is 12.3. The molecule has 5 heteroatoms. The number of hydrogen-bond acceptors (Lipinski definition) is 3. The lowest BCUT2D eigenvalue weighted by atomic mass is 10.2. The smallest absolute Gasteiger partial charge is 0.356 e. The molecule has 0 aliphatic heterocycles. The number of rotatable bonds is 5. The Kier molecular flexibility index (Phi) is 3.62. The van der Waals surface area contributed by atoms with E-state index in [9.17, 15) is 4.79 Å². The second-order valence-electron chi connectivity index (χ2n) is 4.70. The molecule has 2 heterocycles. The molecule has 0 saturated heterocycles. The minimum absolute atomic E-state index is 0.0753. The minimum Gasteiger partial charge on any atom is -0.476 e. The van der Waals surface area contributed by atoms with Crippen LogP contribution in [-0.2, 0) is 6.54 Å². The van der Waals surface area contributed by atoms with Crippen LogP contribution in [0.15, 0.2) is 24.4 Å². The third-order valence-corrected chi connectivity index (χ3v) is 2.65. The third-order valence-electron chi connectivity index (χ3n) is 2.65. The third kappa shape index (κ3) is 2.68. The lowest BCUT2D eigenvalue weighted by Gasteiger charge is -2.09. The Morgan fingerprint density at radius 1 is 1.50 bits per heavy atom. The van der Waals surface area contributed by atoms with E-state index < -0.39 is 5.97 Å². The summed E-state index contributed by atoms with van der Waals surface area (Å²) in [5.41, 5.74) is 1.75. The van der Waals surface area contributed by atoms with E-state index in [-0.39, 0.29) is 5.69 Å². The zero-order chi connectivity index (χ0) is 13.1. The lowest BCUT2D eigenvalue weighted by Crippen LogP contribution is -2.20. The Labute approximate surface area is 105 Å². The predicted octanol–water partition coefficient (Wildman–Crippen LogP) is 1.78. The maximum absolute atomic E-state index is 10.9. The highest BCUT2D eigenvalue weighted by molar-refractivity contribution is 5.86. The molecule has 0 spiro atoms. The number of hydrogen-bond donors (Lipinski definition) is 2. The highest BCUT2D eigenvalue weighted by Crippen LogP contribution is 2.09. The molecular weight excluding hydrogens is 230 g/mol. The van der Waals surface area contributed by atoms with Crippen molar-refractivity contribution in [2.24, 2.45) is 5.92 Å². The molecule has 0 unspecified atom stereocenters. The standard InChI is InChI=1S/C13H17N3O2/c1-9(2)6-14-7-10-4-3-5-12-15-11(13(17)18)8-16(10)12/h3-5,8-9,14H,6-7H2,1-2H3,(H,17,18). The Hall–Kier alpha value is -1.88. The fourth-order valence-electron chi connectivity index (χ4n) is 1.80. The van der Waals surface area contributed by atoms with Gasteiger partial charge in [-0.2, -0.15) is 0 Å². The maximum Gasteiger partial charge on any atom is 0.356 e. The van der Waals surface area contributed by atoms with Crippen molar-refractivity contribution in [2.45, 2.75) is 20.4 Å². The fraction of sp³-hybridized carbons (Fsp3) is 0.385. The van der Waals surface area contributed by atoms with Gasteiger partial charge >= 0.3 is 5.97 Å². The van der Waals surface area contributed by atoms with Crippen LogP contribution in [0.25, 0.3) is 5.65 Å². The first-order valence-corrected chi connectivity index (χ1v) is 5.99. The quantitative estimate of drug-likeness (QED) is 0.845. The van der Waals surface area contributed by atoms with Gasteiger partial charge in [0.1, 0.15) is 5.65 Å². The van der Waals surface area contributed by atoms with Crippen molar-refractivity contribution in [1.82, 2.24) is 14.7 Å². The SMILES string of the molecule is CC(C)CNCc1cccc2nc(C(=O)O)cn12. The number of aromatic nitrogens is 2. The van der Waals surface area contributed by atoms with E-state index in [2.05, 4.69) is 24.1 Å². The number of aromatic carboxylic acids is 1. The number of nitrogens with zero attached hydrogens (tertiary/aromatic N) is 2. The average Bonchev–Trinajstić information content (AvgIpc) is 2.73. The van der Waals surface area contributed by atoms with E-state index in [1.165, 1.54) is 0 Å². The molecule has 0 fully saturated rings. The van der Waals surface area contributed by atoms with Crippen molar-refractivity contribution in [3.05, 3.63) is 35.8 Å². The van der Waals surface area contributed by atoms with E-state index in [4.69, 9.17) is 5.11 Å².